The Labute approximate surface area is 59.7 Å². The van der Waals surface area contributed by atoms with Crippen LogP contribution in [-0.4, -0.2) is 31.4 Å². The van der Waals surface area contributed by atoms with Gasteiger partial charge in [0.15, 0.2) is 0 Å². The summed E-state index contributed by atoms with van der Waals surface area (Å²) in [6.45, 7) is 1.66. The lowest BCUT2D eigenvalue weighted by Gasteiger charge is -2.11. The number of carbonyl (C=O) groups excluding carboxylic acids is 1. The van der Waals surface area contributed by atoms with Gasteiger partial charge in [0.05, 0.1) is 7.11 Å². The first-order valence-electron chi connectivity index (χ1n) is 3.34. The zero-order valence-electron chi connectivity index (χ0n) is 6.00. The fourth-order valence-corrected chi connectivity index (χ4v) is 0.922. The molecule has 4 heteroatoms. The molecule has 0 atom stereocenters. The second-order valence-electron chi connectivity index (χ2n) is 2.18. The van der Waals surface area contributed by atoms with E-state index in [-0.39, 0.29) is 0 Å². The van der Waals surface area contributed by atoms with Gasteiger partial charge in [0.1, 0.15) is 0 Å². The minimum atomic E-state index is -0.623. The lowest BCUT2D eigenvalue weighted by molar-refractivity contribution is -0.107. The van der Waals surface area contributed by atoms with E-state index < -0.39 is 6.16 Å². The molecule has 1 aliphatic rings. The molecule has 0 amide bonds. The van der Waals surface area contributed by atoms with Crippen molar-refractivity contribution in [2.75, 3.05) is 20.2 Å². The summed E-state index contributed by atoms with van der Waals surface area (Å²) in [5.74, 6) is 0. The molecular formula is C6H11NO3. The molecule has 0 aromatic rings. The summed E-state index contributed by atoms with van der Waals surface area (Å²) in [6.07, 6.45) is 1.57. The molecule has 0 N–H and O–H groups in total. The molecule has 0 bridgehead atoms. The van der Waals surface area contributed by atoms with Gasteiger partial charge in [-0.2, -0.15) is 0 Å². The van der Waals surface area contributed by atoms with Gasteiger partial charge in [-0.3, -0.25) is 0 Å². The fraction of sp³-hybridized carbons (Fsp3) is 0.833. The molecule has 0 unspecified atom stereocenters. The van der Waals surface area contributed by atoms with E-state index in [0.29, 0.717) is 0 Å². The van der Waals surface area contributed by atoms with Crippen molar-refractivity contribution in [2.45, 2.75) is 12.8 Å². The Kier molecular flexibility index (Phi) is 2.50. The lowest BCUT2D eigenvalue weighted by Crippen LogP contribution is -2.23. The largest absolute Gasteiger partial charge is 0.527 e. The van der Waals surface area contributed by atoms with Crippen molar-refractivity contribution in [2.24, 2.45) is 0 Å². The van der Waals surface area contributed by atoms with Crippen molar-refractivity contribution in [1.29, 1.82) is 0 Å². The van der Waals surface area contributed by atoms with Crippen molar-refractivity contribution in [3.63, 3.8) is 0 Å². The molecule has 0 aliphatic carbocycles. The van der Waals surface area contributed by atoms with Gasteiger partial charge in [0.2, 0.25) is 0 Å². The SMILES string of the molecule is COC(=O)ON1CCCC1. The Balaban J connectivity index is 2.17. The van der Waals surface area contributed by atoms with Crippen LogP contribution < -0.4 is 0 Å². The molecule has 1 fully saturated rings. The first-order valence-corrected chi connectivity index (χ1v) is 3.34. The summed E-state index contributed by atoms with van der Waals surface area (Å²) in [5.41, 5.74) is 0. The molecule has 58 valence electrons. The van der Waals surface area contributed by atoms with Gasteiger partial charge in [0, 0.05) is 13.1 Å². The minimum absolute atomic E-state index is 0.623. The van der Waals surface area contributed by atoms with Crippen LogP contribution in [0.25, 0.3) is 0 Å². The molecular weight excluding hydrogens is 134 g/mol. The van der Waals surface area contributed by atoms with Crippen LogP contribution in [0.2, 0.25) is 0 Å². The number of ether oxygens (including phenoxy) is 1. The number of rotatable bonds is 1. The third-order valence-electron chi connectivity index (χ3n) is 1.44. The van der Waals surface area contributed by atoms with E-state index in [4.69, 9.17) is 4.84 Å². The molecule has 0 spiro atoms. The molecule has 1 aliphatic heterocycles. The van der Waals surface area contributed by atoms with Gasteiger partial charge >= 0.3 is 6.16 Å². The van der Waals surface area contributed by atoms with E-state index >= 15 is 0 Å². The maximum absolute atomic E-state index is 10.5. The third kappa shape index (κ3) is 1.88. The molecule has 1 saturated heterocycles. The summed E-state index contributed by atoms with van der Waals surface area (Å²) in [6, 6.07) is 0. The maximum Gasteiger partial charge on any atom is 0.527 e. The van der Waals surface area contributed by atoms with Crippen molar-refractivity contribution in [1.82, 2.24) is 5.06 Å². The lowest BCUT2D eigenvalue weighted by atomic mass is 10.4. The van der Waals surface area contributed by atoms with E-state index in [2.05, 4.69) is 4.74 Å². The van der Waals surface area contributed by atoms with E-state index in [1.165, 1.54) is 7.11 Å². The molecule has 1 heterocycles. The van der Waals surface area contributed by atoms with Crippen LogP contribution in [0.1, 0.15) is 12.8 Å². The maximum atomic E-state index is 10.5. The summed E-state index contributed by atoms with van der Waals surface area (Å²) in [5, 5.41) is 1.62. The van der Waals surface area contributed by atoms with Crippen LogP contribution in [-0.2, 0) is 9.57 Å². The number of methoxy groups -OCH3 is 1. The third-order valence-corrected chi connectivity index (χ3v) is 1.44. The summed E-state index contributed by atoms with van der Waals surface area (Å²) < 4.78 is 4.31. The second kappa shape index (κ2) is 3.41. The molecule has 0 radical (unpaired) electrons. The van der Waals surface area contributed by atoms with E-state index in [1.807, 2.05) is 0 Å². The number of carbonyl (C=O) groups is 1. The number of hydroxylamine groups is 2. The Morgan fingerprint density at radius 2 is 2.00 bits per heavy atom. The van der Waals surface area contributed by atoms with E-state index in [0.717, 1.165) is 25.9 Å². The van der Waals surface area contributed by atoms with Crippen molar-refractivity contribution in [3.05, 3.63) is 0 Å². The summed E-state index contributed by atoms with van der Waals surface area (Å²) in [7, 11) is 1.30. The Hall–Kier alpha value is -0.770. The van der Waals surface area contributed by atoms with Crippen LogP contribution in [0, 0.1) is 0 Å². The van der Waals surface area contributed by atoms with Crippen molar-refractivity contribution < 1.29 is 14.4 Å². The zero-order valence-corrected chi connectivity index (χ0v) is 6.00. The summed E-state index contributed by atoms with van der Waals surface area (Å²) >= 11 is 0. The highest BCUT2D eigenvalue weighted by molar-refractivity contribution is 5.59. The normalized spacial score (nSPS) is 18.9. The highest BCUT2D eigenvalue weighted by atomic mass is 16.8. The summed E-state index contributed by atoms with van der Waals surface area (Å²) in [4.78, 5) is 15.2. The molecule has 1 rings (SSSR count). The van der Waals surface area contributed by atoms with Gasteiger partial charge in [-0.15, -0.1) is 5.06 Å². The van der Waals surface area contributed by atoms with Crippen LogP contribution in [0.4, 0.5) is 4.79 Å². The Morgan fingerprint density at radius 3 is 2.50 bits per heavy atom. The van der Waals surface area contributed by atoms with Crippen LogP contribution in [0.5, 0.6) is 0 Å². The molecule has 0 aromatic carbocycles. The van der Waals surface area contributed by atoms with Gasteiger partial charge in [-0.25, -0.2) is 4.79 Å². The van der Waals surface area contributed by atoms with E-state index in [1.54, 1.807) is 5.06 Å². The highest BCUT2D eigenvalue weighted by Gasteiger charge is 2.15. The minimum Gasteiger partial charge on any atom is -0.436 e. The predicted molar refractivity (Wildman–Crippen MR) is 34.3 cm³/mol. The standard InChI is InChI=1S/C6H11NO3/c1-9-6(8)10-7-4-2-3-5-7/h2-5H2,1H3. The monoisotopic (exact) mass is 145 g/mol. The quantitative estimate of drug-likeness (QED) is 0.511. The van der Waals surface area contributed by atoms with Crippen molar-refractivity contribution in [3.8, 4) is 0 Å². The fourth-order valence-electron chi connectivity index (χ4n) is 0.922. The second-order valence-corrected chi connectivity index (χ2v) is 2.18. The van der Waals surface area contributed by atoms with Crippen LogP contribution >= 0.6 is 0 Å². The van der Waals surface area contributed by atoms with Crippen LogP contribution in [0.15, 0.2) is 0 Å². The van der Waals surface area contributed by atoms with Crippen molar-refractivity contribution >= 4 is 6.16 Å². The zero-order chi connectivity index (χ0) is 7.40. The first kappa shape index (κ1) is 7.34. The topological polar surface area (TPSA) is 38.8 Å². The van der Waals surface area contributed by atoms with Crippen LogP contribution in [0.3, 0.4) is 0 Å². The number of hydrogen-bond donors (Lipinski definition) is 0. The predicted octanol–water partition coefficient (Wildman–Crippen LogP) is 0.780. The van der Waals surface area contributed by atoms with Gasteiger partial charge in [0.25, 0.3) is 0 Å². The molecule has 4 nitrogen and oxygen atoms in total. The van der Waals surface area contributed by atoms with Gasteiger partial charge in [-0.05, 0) is 12.8 Å². The average Bonchev–Trinajstić information content (AvgIpc) is 2.40. The van der Waals surface area contributed by atoms with Gasteiger partial charge in [-0.1, -0.05) is 0 Å². The smallest absolute Gasteiger partial charge is 0.436 e. The first-order chi connectivity index (χ1) is 4.83. The Bertz CT molecular complexity index is 120. The molecule has 0 saturated carbocycles. The van der Waals surface area contributed by atoms with E-state index in [9.17, 15) is 4.79 Å². The highest BCUT2D eigenvalue weighted by Crippen LogP contribution is 2.07. The number of nitrogens with zero attached hydrogens (tertiary/aromatic N) is 1. The molecule has 10 heavy (non-hydrogen) atoms. The number of hydrogen-bond acceptors (Lipinski definition) is 4. The average molecular weight is 145 g/mol. The molecule has 0 aromatic heterocycles. The van der Waals surface area contributed by atoms with Gasteiger partial charge < -0.3 is 9.57 Å². The Morgan fingerprint density at radius 1 is 1.40 bits per heavy atom.